The minimum Gasteiger partial charge on any atom is -0.482 e. The molecule has 0 saturated heterocycles. The Morgan fingerprint density at radius 1 is 1.20 bits per heavy atom. The molecule has 2 aromatic rings. The molecule has 0 aliphatic carbocycles. The second-order valence-corrected chi connectivity index (χ2v) is 6.13. The molecule has 1 unspecified atom stereocenters. The van der Waals surface area contributed by atoms with Gasteiger partial charge >= 0.3 is 11.9 Å². The Hall–Kier alpha value is -2.86. The summed E-state index contributed by atoms with van der Waals surface area (Å²) in [7, 11) is 0. The van der Waals surface area contributed by atoms with Crippen LogP contribution in [0.5, 0.6) is 5.75 Å². The Labute approximate surface area is 145 Å². The fraction of sp³-hybridized carbons (Fsp3) is 0.263. The molecule has 0 aromatic heterocycles. The topological polar surface area (TPSA) is 87.1 Å². The van der Waals surface area contributed by atoms with Gasteiger partial charge in [0.1, 0.15) is 11.8 Å². The molecule has 25 heavy (non-hydrogen) atoms. The second kappa shape index (κ2) is 6.94. The van der Waals surface area contributed by atoms with Gasteiger partial charge in [-0.2, -0.15) is 0 Å². The zero-order valence-electron chi connectivity index (χ0n) is 13.8. The van der Waals surface area contributed by atoms with Crippen LogP contribution in [0.3, 0.4) is 0 Å². The molecule has 1 atom stereocenters. The summed E-state index contributed by atoms with van der Waals surface area (Å²) in [6.45, 7) is 2.53. The van der Waals surface area contributed by atoms with Crippen LogP contribution in [0.25, 0.3) is 0 Å². The molecule has 2 aromatic carbocycles. The summed E-state index contributed by atoms with van der Waals surface area (Å²) >= 11 is 0. The number of ether oxygens (including phenoxy) is 1. The predicted molar refractivity (Wildman–Crippen MR) is 90.4 cm³/mol. The fourth-order valence-electron chi connectivity index (χ4n) is 3.23. The number of benzene rings is 2. The van der Waals surface area contributed by atoms with E-state index in [1.165, 1.54) is 0 Å². The molecule has 0 bridgehead atoms. The number of carboxylic acid groups (broad SMARTS) is 2. The van der Waals surface area contributed by atoms with E-state index in [4.69, 9.17) is 9.84 Å². The third-order valence-corrected chi connectivity index (χ3v) is 4.30. The number of nitrogens with zero attached hydrogens (tertiary/aromatic N) is 1. The maximum absolute atomic E-state index is 11.7. The van der Waals surface area contributed by atoms with E-state index in [-0.39, 0.29) is 6.61 Å². The first-order valence-corrected chi connectivity index (χ1v) is 7.94. The lowest BCUT2D eigenvalue weighted by atomic mass is 10.0. The summed E-state index contributed by atoms with van der Waals surface area (Å²) in [6.07, 6.45) is 0. The van der Waals surface area contributed by atoms with Crippen molar-refractivity contribution in [2.75, 3.05) is 6.61 Å². The summed E-state index contributed by atoms with van der Waals surface area (Å²) in [5, 5.41) is 18.3. The van der Waals surface area contributed by atoms with Crippen molar-refractivity contribution in [2.45, 2.75) is 26.1 Å². The smallest absolute Gasteiger partial charge is 0.341 e. The van der Waals surface area contributed by atoms with Crippen LogP contribution in [-0.2, 0) is 22.7 Å². The first kappa shape index (κ1) is 17.0. The standard InChI is InChI=1S/C19H19NO5/c1-12-8-13(6-7-16(12)25-11-17(21)22)9-20-10-14-4-2-3-5-15(14)18(20)19(23)24/h2-8,18H,9-11H2,1H3,(H,21,22)(H,23,24). The Morgan fingerprint density at radius 2 is 1.96 bits per heavy atom. The van der Waals surface area contributed by atoms with E-state index in [1.807, 2.05) is 48.2 Å². The van der Waals surface area contributed by atoms with Crippen LogP contribution in [0.1, 0.15) is 28.3 Å². The summed E-state index contributed by atoms with van der Waals surface area (Å²) in [4.78, 5) is 24.2. The number of aliphatic carboxylic acids is 2. The van der Waals surface area contributed by atoms with Crippen molar-refractivity contribution in [1.82, 2.24) is 4.90 Å². The Morgan fingerprint density at radius 3 is 2.64 bits per heavy atom. The van der Waals surface area contributed by atoms with Crippen molar-refractivity contribution in [1.29, 1.82) is 0 Å². The molecular weight excluding hydrogens is 322 g/mol. The number of fused-ring (bicyclic) bond motifs is 1. The van der Waals surface area contributed by atoms with E-state index in [0.29, 0.717) is 18.8 Å². The van der Waals surface area contributed by atoms with Crippen molar-refractivity contribution in [2.24, 2.45) is 0 Å². The van der Waals surface area contributed by atoms with Gasteiger partial charge in [0.05, 0.1) is 0 Å². The Balaban J connectivity index is 1.77. The van der Waals surface area contributed by atoms with Crippen LogP contribution in [0.2, 0.25) is 0 Å². The zero-order valence-corrected chi connectivity index (χ0v) is 13.8. The number of carboxylic acids is 2. The summed E-state index contributed by atoms with van der Waals surface area (Å²) in [5.41, 5.74) is 3.66. The van der Waals surface area contributed by atoms with Gasteiger partial charge in [-0.05, 0) is 35.2 Å². The molecule has 1 heterocycles. The number of aryl methyl sites for hydroxylation is 1. The van der Waals surface area contributed by atoms with Gasteiger partial charge in [-0.25, -0.2) is 4.79 Å². The zero-order chi connectivity index (χ0) is 18.0. The van der Waals surface area contributed by atoms with Crippen LogP contribution >= 0.6 is 0 Å². The molecule has 1 aliphatic heterocycles. The molecule has 0 saturated carbocycles. The van der Waals surface area contributed by atoms with Gasteiger partial charge in [-0.3, -0.25) is 9.69 Å². The SMILES string of the molecule is Cc1cc(CN2Cc3ccccc3C2C(=O)O)ccc1OCC(=O)O. The molecule has 6 heteroatoms. The molecule has 0 spiro atoms. The molecule has 6 nitrogen and oxygen atoms in total. The monoisotopic (exact) mass is 341 g/mol. The Kier molecular flexibility index (Phi) is 4.72. The van der Waals surface area contributed by atoms with Crippen molar-refractivity contribution in [3.63, 3.8) is 0 Å². The number of hydrogen-bond acceptors (Lipinski definition) is 4. The van der Waals surface area contributed by atoms with Gasteiger partial charge in [-0.15, -0.1) is 0 Å². The molecule has 0 amide bonds. The van der Waals surface area contributed by atoms with Crippen molar-refractivity contribution < 1.29 is 24.5 Å². The minimum absolute atomic E-state index is 0.386. The van der Waals surface area contributed by atoms with Crippen LogP contribution < -0.4 is 4.74 Å². The van der Waals surface area contributed by atoms with Crippen molar-refractivity contribution >= 4 is 11.9 Å². The van der Waals surface area contributed by atoms with E-state index in [9.17, 15) is 14.7 Å². The highest BCUT2D eigenvalue weighted by Crippen LogP contribution is 2.35. The highest BCUT2D eigenvalue weighted by Gasteiger charge is 2.35. The molecule has 0 radical (unpaired) electrons. The third-order valence-electron chi connectivity index (χ3n) is 4.30. The average molecular weight is 341 g/mol. The molecule has 3 rings (SSSR count). The van der Waals surface area contributed by atoms with Gasteiger partial charge in [0.15, 0.2) is 6.61 Å². The van der Waals surface area contributed by atoms with Gasteiger partial charge in [-0.1, -0.05) is 36.4 Å². The summed E-state index contributed by atoms with van der Waals surface area (Å²) in [6, 6.07) is 12.4. The average Bonchev–Trinajstić information content (AvgIpc) is 2.91. The van der Waals surface area contributed by atoms with Gasteiger partial charge in [0, 0.05) is 13.1 Å². The molecular formula is C19H19NO5. The van der Waals surface area contributed by atoms with Gasteiger partial charge < -0.3 is 14.9 Å². The lowest BCUT2D eigenvalue weighted by Gasteiger charge is -2.22. The van der Waals surface area contributed by atoms with Crippen LogP contribution in [0.15, 0.2) is 42.5 Å². The van der Waals surface area contributed by atoms with Crippen LogP contribution in [0, 0.1) is 6.92 Å². The molecule has 2 N–H and O–H groups in total. The summed E-state index contributed by atoms with van der Waals surface area (Å²) in [5.74, 6) is -1.36. The van der Waals surface area contributed by atoms with Crippen molar-refractivity contribution in [3.8, 4) is 5.75 Å². The fourth-order valence-corrected chi connectivity index (χ4v) is 3.23. The Bertz CT molecular complexity index is 817. The van der Waals surface area contributed by atoms with E-state index in [1.54, 1.807) is 6.07 Å². The van der Waals surface area contributed by atoms with Gasteiger partial charge in [0.2, 0.25) is 0 Å². The van der Waals surface area contributed by atoms with Crippen LogP contribution in [0.4, 0.5) is 0 Å². The van der Waals surface area contributed by atoms with E-state index in [0.717, 1.165) is 22.3 Å². The first-order valence-electron chi connectivity index (χ1n) is 7.94. The third kappa shape index (κ3) is 3.64. The second-order valence-electron chi connectivity index (χ2n) is 6.13. The minimum atomic E-state index is -1.03. The quantitative estimate of drug-likeness (QED) is 0.840. The molecule has 0 fully saturated rings. The lowest BCUT2D eigenvalue weighted by Crippen LogP contribution is -2.27. The first-order chi connectivity index (χ1) is 12.0. The highest BCUT2D eigenvalue weighted by atomic mass is 16.5. The van der Waals surface area contributed by atoms with E-state index in [2.05, 4.69) is 0 Å². The predicted octanol–water partition coefficient (Wildman–Crippen LogP) is 2.60. The maximum Gasteiger partial charge on any atom is 0.341 e. The highest BCUT2D eigenvalue weighted by molar-refractivity contribution is 5.77. The summed E-state index contributed by atoms with van der Waals surface area (Å²) < 4.78 is 5.23. The largest absolute Gasteiger partial charge is 0.482 e. The number of hydrogen-bond donors (Lipinski definition) is 2. The lowest BCUT2D eigenvalue weighted by molar-refractivity contribution is -0.143. The van der Waals surface area contributed by atoms with E-state index >= 15 is 0 Å². The molecule has 130 valence electrons. The van der Waals surface area contributed by atoms with E-state index < -0.39 is 18.0 Å². The molecule has 1 aliphatic rings. The van der Waals surface area contributed by atoms with Gasteiger partial charge in [0.25, 0.3) is 0 Å². The maximum atomic E-state index is 11.7. The normalized spacial score (nSPS) is 16.4. The number of rotatable bonds is 6. The number of carbonyl (C=O) groups is 2. The van der Waals surface area contributed by atoms with Crippen LogP contribution in [-0.4, -0.2) is 33.7 Å². The van der Waals surface area contributed by atoms with Crippen molar-refractivity contribution in [3.05, 3.63) is 64.7 Å².